The highest BCUT2D eigenvalue weighted by Gasteiger charge is 2.45. The highest BCUT2D eigenvalue weighted by Crippen LogP contribution is 2.42. The minimum Gasteiger partial charge on any atom is -0.507 e. The molecule has 29 heavy (non-hydrogen) atoms. The molecule has 0 saturated carbocycles. The number of rotatable bonds is 6. The second-order valence-electron chi connectivity index (χ2n) is 7.05. The lowest BCUT2D eigenvalue weighted by Gasteiger charge is -2.40. The Morgan fingerprint density at radius 3 is 2.07 bits per heavy atom. The van der Waals surface area contributed by atoms with Gasteiger partial charge in [-0.05, 0) is 48.7 Å². The first-order chi connectivity index (χ1) is 13.8. The number of benzene rings is 2. The number of aromatic hydroxyl groups is 2. The van der Waals surface area contributed by atoms with Gasteiger partial charge in [-0.15, -0.1) is 0 Å². The van der Waals surface area contributed by atoms with Gasteiger partial charge in [0.1, 0.15) is 47.8 Å². The molecule has 1 aliphatic heterocycles. The van der Waals surface area contributed by atoms with Crippen molar-refractivity contribution in [3.05, 3.63) is 53.1 Å². The fourth-order valence-electron chi connectivity index (χ4n) is 3.52. The fourth-order valence-corrected chi connectivity index (χ4v) is 3.52. The molecule has 3 rings (SSSR count). The van der Waals surface area contributed by atoms with Gasteiger partial charge in [-0.2, -0.15) is 0 Å². The predicted octanol–water partition coefficient (Wildman–Crippen LogP) is 0.602. The van der Waals surface area contributed by atoms with E-state index in [0.29, 0.717) is 18.6 Å². The fraction of sp³-hybridized carbons (Fsp3) is 0.429. The molecule has 158 valence electrons. The largest absolute Gasteiger partial charge is 0.507 e. The predicted molar refractivity (Wildman–Crippen MR) is 103 cm³/mol. The van der Waals surface area contributed by atoms with E-state index >= 15 is 0 Å². The molecule has 1 aliphatic rings. The average Bonchev–Trinajstić information content (AvgIpc) is 2.69. The van der Waals surface area contributed by atoms with E-state index in [-0.39, 0.29) is 17.1 Å². The Morgan fingerprint density at radius 2 is 1.52 bits per heavy atom. The summed E-state index contributed by atoms with van der Waals surface area (Å²) in [7, 11) is 0. The number of phenols is 2. The molecule has 0 bridgehead atoms. The first-order valence-electron chi connectivity index (χ1n) is 9.42. The van der Waals surface area contributed by atoms with Crippen molar-refractivity contribution in [2.75, 3.05) is 13.2 Å². The highest BCUT2D eigenvalue weighted by atomic mass is 16.5. The molecule has 1 heterocycles. The van der Waals surface area contributed by atoms with E-state index < -0.39 is 37.1 Å². The first kappa shape index (κ1) is 21.4. The van der Waals surface area contributed by atoms with Gasteiger partial charge in [0.15, 0.2) is 0 Å². The van der Waals surface area contributed by atoms with Crippen LogP contribution in [0, 0.1) is 0 Å². The third-order valence-electron chi connectivity index (χ3n) is 5.02. The van der Waals surface area contributed by atoms with Gasteiger partial charge in [-0.1, -0.05) is 12.1 Å². The minimum atomic E-state index is -1.60. The van der Waals surface area contributed by atoms with Gasteiger partial charge in [0, 0.05) is 0 Å². The van der Waals surface area contributed by atoms with Crippen molar-refractivity contribution >= 4 is 0 Å². The Labute approximate surface area is 168 Å². The smallest absolute Gasteiger partial charge is 0.125 e. The van der Waals surface area contributed by atoms with Crippen molar-refractivity contribution in [1.82, 2.24) is 0 Å². The Bertz CT molecular complexity index is 797. The lowest BCUT2D eigenvalue weighted by molar-refractivity contribution is -0.232. The average molecular weight is 406 g/mol. The van der Waals surface area contributed by atoms with E-state index in [9.17, 15) is 30.6 Å². The SMILES string of the molecule is CCOc1ccc(Cc2cc(O)c([C@@H]3O[C@H](CO)[C@@H](O)[C@H](O)[C@H]3O)c(O)c2)cc1. The van der Waals surface area contributed by atoms with Gasteiger partial charge in [-0.3, -0.25) is 0 Å². The van der Waals surface area contributed by atoms with Crippen molar-refractivity contribution < 1.29 is 40.1 Å². The van der Waals surface area contributed by atoms with Crippen LogP contribution < -0.4 is 4.74 Å². The van der Waals surface area contributed by atoms with Crippen molar-refractivity contribution in [3.63, 3.8) is 0 Å². The summed E-state index contributed by atoms with van der Waals surface area (Å²) in [6, 6.07) is 10.3. The maximum Gasteiger partial charge on any atom is 0.125 e. The van der Waals surface area contributed by atoms with E-state index in [4.69, 9.17) is 9.47 Å². The Morgan fingerprint density at radius 1 is 0.897 bits per heavy atom. The van der Waals surface area contributed by atoms with Crippen LogP contribution in [0.1, 0.15) is 29.7 Å². The third kappa shape index (κ3) is 4.47. The van der Waals surface area contributed by atoms with Gasteiger partial charge in [0.2, 0.25) is 0 Å². The molecule has 0 spiro atoms. The molecule has 0 amide bonds. The van der Waals surface area contributed by atoms with Crippen LogP contribution in [0.2, 0.25) is 0 Å². The molecule has 8 heteroatoms. The lowest BCUT2D eigenvalue weighted by Crippen LogP contribution is -2.55. The molecule has 0 aromatic heterocycles. The van der Waals surface area contributed by atoms with Crippen molar-refractivity contribution in [3.8, 4) is 17.2 Å². The van der Waals surface area contributed by atoms with Crippen molar-refractivity contribution in [1.29, 1.82) is 0 Å². The van der Waals surface area contributed by atoms with E-state index in [2.05, 4.69) is 0 Å². The second-order valence-corrected chi connectivity index (χ2v) is 7.05. The van der Waals surface area contributed by atoms with Crippen LogP contribution in [0.15, 0.2) is 36.4 Å². The molecular formula is C21H26O8. The second kappa shape index (κ2) is 8.98. The van der Waals surface area contributed by atoms with Gasteiger partial charge >= 0.3 is 0 Å². The Balaban J connectivity index is 1.83. The monoisotopic (exact) mass is 406 g/mol. The number of aliphatic hydroxyl groups excluding tert-OH is 4. The van der Waals surface area contributed by atoms with Crippen LogP contribution in [0.25, 0.3) is 0 Å². The maximum absolute atomic E-state index is 10.5. The number of hydrogen-bond acceptors (Lipinski definition) is 8. The van der Waals surface area contributed by atoms with E-state index in [1.807, 2.05) is 31.2 Å². The van der Waals surface area contributed by atoms with Crippen LogP contribution in [-0.2, 0) is 11.2 Å². The van der Waals surface area contributed by atoms with Crippen LogP contribution >= 0.6 is 0 Å². The molecule has 0 radical (unpaired) electrons. The van der Waals surface area contributed by atoms with Gasteiger partial charge < -0.3 is 40.1 Å². The summed E-state index contributed by atoms with van der Waals surface area (Å²) in [5.74, 6) is 0.102. The molecular weight excluding hydrogens is 380 g/mol. The normalized spacial score (nSPS) is 27.0. The zero-order valence-electron chi connectivity index (χ0n) is 16.0. The van der Waals surface area contributed by atoms with Gasteiger partial charge in [-0.25, -0.2) is 0 Å². The van der Waals surface area contributed by atoms with Crippen molar-refractivity contribution in [2.24, 2.45) is 0 Å². The quantitative estimate of drug-likeness (QED) is 0.410. The van der Waals surface area contributed by atoms with E-state index in [0.717, 1.165) is 11.3 Å². The van der Waals surface area contributed by atoms with Crippen LogP contribution in [0.3, 0.4) is 0 Å². The summed E-state index contributed by atoms with van der Waals surface area (Å²) < 4.78 is 10.8. The molecule has 1 saturated heterocycles. The highest BCUT2D eigenvalue weighted by molar-refractivity contribution is 5.50. The van der Waals surface area contributed by atoms with E-state index in [1.54, 1.807) is 0 Å². The molecule has 8 nitrogen and oxygen atoms in total. The Hall–Kier alpha value is -2.36. The van der Waals surface area contributed by atoms with E-state index in [1.165, 1.54) is 12.1 Å². The Kier molecular flexibility index (Phi) is 6.61. The molecule has 1 fully saturated rings. The number of hydrogen-bond donors (Lipinski definition) is 6. The van der Waals surface area contributed by atoms with Gasteiger partial charge in [0.05, 0.1) is 18.8 Å². The molecule has 0 unspecified atom stereocenters. The van der Waals surface area contributed by atoms with Crippen LogP contribution in [-0.4, -0.2) is 68.3 Å². The van der Waals surface area contributed by atoms with Crippen LogP contribution in [0.4, 0.5) is 0 Å². The summed E-state index contributed by atoms with van der Waals surface area (Å²) in [5.41, 5.74) is 1.45. The first-order valence-corrected chi connectivity index (χ1v) is 9.42. The minimum absolute atomic E-state index is 0.114. The topological polar surface area (TPSA) is 140 Å². The zero-order valence-corrected chi connectivity index (χ0v) is 16.0. The molecule has 2 aromatic rings. The van der Waals surface area contributed by atoms with Crippen LogP contribution in [0.5, 0.6) is 17.2 Å². The molecule has 5 atom stereocenters. The summed E-state index contributed by atoms with van der Waals surface area (Å²) >= 11 is 0. The maximum atomic E-state index is 10.5. The number of ether oxygens (including phenoxy) is 2. The summed E-state index contributed by atoms with van der Waals surface area (Å²) in [5, 5.41) is 60.4. The number of phenolic OH excluding ortho intramolecular Hbond substituents is 2. The zero-order chi connectivity index (χ0) is 21.1. The summed E-state index contributed by atoms with van der Waals surface area (Å²) in [6.45, 7) is 1.87. The summed E-state index contributed by atoms with van der Waals surface area (Å²) in [4.78, 5) is 0. The molecule has 2 aromatic carbocycles. The number of aliphatic hydroxyl groups is 4. The van der Waals surface area contributed by atoms with Gasteiger partial charge in [0.25, 0.3) is 0 Å². The molecule has 6 N–H and O–H groups in total. The standard InChI is InChI=1S/C21H26O8/c1-2-28-13-5-3-11(4-6-13)7-12-8-14(23)17(15(24)9-12)21-20(27)19(26)18(25)16(10-22)29-21/h3-6,8-9,16,18-27H,2,7,10H2,1H3/t16-,18-,19+,20-,21+/m1/s1. The third-order valence-corrected chi connectivity index (χ3v) is 5.02. The lowest BCUT2D eigenvalue weighted by atomic mass is 9.89. The molecule has 0 aliphatic carbocycles. The van der Waals surface area contributed by atoms with Crippen molar-refractivity contribution in [2.45, 2.75) is 43.9 Å². The summed E-state index contributed by atoms with van der Waals surface area (Å²) in [6.07, 6.45) is -6.74.